The number of aliphatic carboxylic acids is 1. The van der Waals surface area contributed by atoms with Crippen molar-refractivity contribution >= 4 is 12.0 Å². The molecular formula is C16H15NO3. The van der Waals surface area contributed by atoms with Gasteiger partial charge < -0.3 is 10.2 Å². The summed E-state index contributed by atoms with van der Waals surface area (Å²) in [6.45, 7) is 1.53. The van der Waals surface area contributed by atoms with Crippen molar-refractivity contribution < 1.29 is 15.0 Å². The summed E-state index contributed by atoms with van der Waals surface area (Å²) in [5.41, 5.74) is 2.39. The Morgan fingerprint density at radius 1 is 1.25 bits per heavy atom. The standard InChI is InChI=1S/C16H15NO3/c1-11(16(19)20)8-12-4-2-5-13(9-12)15(18)14-6-3-7-17-10-14/h2-10,15,18H,1H3,(H,19,20)/b11-8+. The van der Waals surface area contributed by atoms with Crippen molar-refractivity contribution in [1.82, 2.24) is 4.98 Å². The van der Waals surface area contributed by atoms with Gasteiger partial charge in [-0.05, 0) is 36.3 Å². The van der Waals surface area contributed by atoms with Crippen LogP contribution in [0.3, 0.4) is 0 Å². The highest BCUT2D eigenvalue weighted by molar-refractivity contribution is 5.91. The van der Waals surface area contributed by atoms with Crippen LogP contribution in [0.15, 0.2) is 54.4 Å². The molecule has 2 aromatic rings. The Kier molecular flexibility index (Phi) is 4.27. The van der Waals surface area contributed by atoms with Gasteiger partial charge in [0.2, 0.25) is 0 Å². The van der Waals surface area contributed by atoms with Crippen LogP contribution in [-0.4, -0.2) is 21.2 Å². The maximum atomic E-state index is 10.8. The Morgan fingerprint density at radius 2 is 2.00 bits per heavy atom. The molecule has 0 aliphatic rings. The molecule has 1 atom stereocenters. The van der Waals surface area contributed by atoms with Crippen LogP contribution in [0.1, 0.15) is 29.7 Å². The van der Waals surface area contributed by atoms with Crippen LogP contribution in [0.5, 0.6) is 0 Å². The first kappa shape index (κ1) is 14.0. The van der Waals surface area contributed by atoms with Gasteiger partial charge in [0, 0.05) is 23.5 Å². The van der Waals surface area contributed by atoms with Crippen LogP contribution in [-0.2, 0) is 4.79 Å². The fourth-order valence-electron chi connectivity index (χ4n) is 1.86. The van der Waals surface area contributed by atoms with Crippen LogP contribution >= 0.6 is 0 Å². The molecule has 0 saturated carbocycles. The second kappa shape index (κ2) is 6.12. The van der Waals surface area contributed by atoms with Gasteiger partial charge in [-0.1, -0.05) is 24.3 Å². The van der Waals surface area contributed by atoms with Crippen molar-refractivity contribution in [3.05, 3.63) is 71.1 Å². The second-order valence-electron chi connectivity index (χ2n) is 4.49. The van der Waals surface area contributed by atoms with Gasteiger partial charge in [-0.25, -0.2) is 4.79 Å². The SMILES string of the molecule is C/C(=C\c1cccc(C(O)c2cccnc2)c1)C(=O)O. The van der Waals surface area contributed by atoms with E-state index in [0.29, 0.717) is 11.1 Å². The van der Waals surface area contributed by atoms with E-state index < -0.39 is 12.1 Å². The number of benzene rings is 1. The molecule has 20 heavy (non-hydrogen) atoms. The lowest BCUT2D eigenvalue weighted by Gasteiger charge is -2.11. The summed E-state index contributed by atoms with van der Waals surface area (Å²) in [7, 11) is 0. The summed E-state index contributed by atoms with van der Waals surface area (Å²) < 4.78 is 0. The predicted octanol–water partition coefficient (Wildman–Crippen LogP) is 2.65. The number of carboxylic acids is 1. The number of pyridine rings is 1. The molecule has 4 heteroatoms. The molecule has 1 aromatic heterocycles. The van der Waals surface area contributed by atoms with Gasteiger partial charge in [-0.2, -0.15) is 0 Å². The third kappa shape index (κ3) is 3.30. The van der Waals surface area contributed by atoms with Gasteiger partial charge in [-0.15, -0.1) is 0 Å². The maximum absolute atomic E-state index is 10.8. The Labute approximate surface area is 117 Å². The lowest BCUT2D eigenvalue weighted by Crippen LogP contribution is -2.00. The van der Waals surface area contributed by atoms with Crippen LogP contribution in [0.25, 0.3) is 6.08 Å². The molecular weight excluding hydrogens is 254 g/mol. The van der Waals surface area contributed by atoms with E-state index in [1.54, 1.807) is 54.9 Å². The monoisotopic (exact) mass is 269 g/mol. The third-order valence-electron chi connectivity index (χ3n) is 2.95. The first-order valence-electron chi connectivity index (χ1n) is 6.17. The first-order valence-corrected chi connectivity index (χ1v) is 6.17. The van der Waals surface area contributed by atoms with Gasteiger partial charge in [-0.3, -0.25) is 4.98 Å². The average molecular weight is 269 g/mol. The Bertz CT molecular complexity index is 635. The molecule has 0 bridgehead atoms. The maximum Gasteiger partial charge on any atom is 0.331 e. The van der Waals surface area contributed by atoms with E-state index in [4.69, 9.17) is 5.11 Å². The third-order valence-corrected chi connectivity index (χ3v) is 2.95. The summed E-state index contributed by atoms with van der Waals surface area (Å²) in [6.07, 6.45) is 4.05. The van der Waals surface area contributed by atoms with Gasteiger partial charge in [0.15, 0.2) is 0 Å². The van der Waals surface area contributed by atoms with Crippen LogP contribution in [0.4, 0.5) is 0 Å². The van der Waals surface area contributed by atoms with Crippen LogP contribution < -0.4 is 0 Å². The number of aliphatic hydroxyl groups is 1. The zero-order chi connectivity index (χ0) is 14.5. The number of aliphatic hydroxyl groups excluding tert-OH is 1. The largest absolute Gasteiger partial charge is 0.478 e. The fourth-order valence-corrected chi connectivity index (χ4v) is 1.86. The minimum Gasteiger partial charge on any atom is -0.478 e. The van der Waals surface area contributed by atoms with Gasteiger partial charge >= 0.3 is 5.97 Å². The molecule has 4 nitrogen and oxygen atoms in total. The lowest BCUT2D eigenvalue weighted by atomic mass is 10.0. The van der Waals surface area contributed by atoms with E-state index in [1.165, 1.54) is 6.92 Å². The van der Waals surface area contributed by atoms with Crippen LogP contribution in [0, 0.1) is 0 Å². The molecule has 0 aliphatic heterocycles. The van der Waals surface area contributed by atoms with Gasteiger partial charge in [0.1, 0.15) is 6.10 Å². The van der Waals surface area contributed by atoms with Gasteiger partial charge in [0.05, 0.1) is 0 Å². The Hall–Kier alpha value is -2.46. The molecule has 0 saturated heterocycles. The molecule has 2 rings (SSSR count). The number of hydrogen-bond acceptors (Lipinski definition) is 3. The Balaban J connectivity index is 2.31. The van der Waals surface area contributed by atoms with Crippen molar-refractivity contribution in [3.8, 4) is 0 Å². The Morgan fingerprint density at radius 3 is 2.65 bits per heavy atom. The zero-order valence-corrected chi connectivity index (χ0v) is 11.0. The second-order valence-corrected chi connectivity index (χ2v) is 4.49. The highest BCUT2D eigenvalue weighted by Gasteiger charge is 2.10. The van der Waals surface area contributed by atoms with Crippen molar-refractivity contribution in [2.75, 3.05) is 0 Å². The number of aromatic nitrogens is 1. The number of nitrogens with zero attached hydrogens (tertiary/aromatic N) is 1. The molecule has 1 unspecified atom stereocenters. The molecule has 0 radical (unpaired) electrons. The summed E-state index contributed by atoms with van der Waals surface area (Å²) >= 11 is 0. The normalized spacial score (nSPS) is 13.0. The molecule has 1 aromatic carbocycles. The minimum atomic E-state index is -0.955. The number of carboxylic acid groups (broad SMARTS) is 1. The number of carbonyl (C=O) groups is 1. The zero-order valence-electron chi connectivity index (χ0n) is 11.0. The summed E-state index contributed by atoms with van der Waals surface area (Å²) in [6, 6.07) is 10.7. The number of rotatable bonds is 4. The fraction of sp³-hybridized carbons (Fsp3) is 0.125. The van der Waals surface area contributed by atoms with Crippen molar-refractivity contribution in [2.24, 2.45) is 0 Å². The smallest absolute Gasteiger partial charge is 0.331 e. The first-order chi connectivity index (χ1) is 9.58. The lowest BCUT2D eigenvalue weighted by molar-refractivity contribution is -0.132. The van der Waals surface area contributed by atoms with E-state index in [2.05, 4.69) is 4.98 Å². The average Bonchev–Trinajstić information content (AvgIpc) is 2.47. The quantitative estimate of drug-likeness (QED) is 0.837. The predicted molar refractivity (Wildman–Crippen MR) is 76.0 cm³/mol. The summed E-state index contributed by atoms with van der Waals surface area (Å²) in [5.74, 6) is -0.955. The van der Waals surface area contributed by atoms with Gasteiger partial charge in [0.25, 0.3) is 0 Å². The van der Waals surface area contributed by atoms with E-state index in [0.717, 1.165) is 5.56 Å². The molecule has 0 aliphatic carbocycles. The highest BCUT2D eigenvalue weighted by atomic mass is 16.4. The van der Waals surface area contributed by atoms with E-state index in [1.807, 2.05) is 0 Å². The van der Waals surface area contributed by atoms with Crippen molar-refractivity contribution in [1.29, 1.82) is 0 Å². The summed E-state index contributed by atoms with van der Waals surface area (Å²) in [5, 5.41) is 19.2. The van der Waals surface area contributed by atoms with Crippen LogP contribution in [0.2, 0.25) is 0 Å². The molecule has 2 N–H and O–H groups in total. The van der Waals surface area contributed by atoms with E-state index in [-0.39, 0.29) is 5.57 Å². The minimum absolute atomic E-state index is 0.248. The van der Waals surface area contributed by atoms with Crippen molar-refractivity contribution in [3.63, 3.8) is 0 Å². The molecule has 0 spiro atoms. The van der Waals surface area contributed by atoms with E-state index >= 15 is 0 Å². The highest BCUT2D eigenvalue weighted by Crippen LogP contribution is 2.22. The molecule has 0 amide bonds. The molecule has 0 fully saturated rings. The molecule has 1 heterocycles. The van der Waals surface area contributed by atoms with E-state index in [9.17, 15) is 9.90 Å². The summed E-state index contributed by atoms with van der Waals surface area (Å²) in [4.78, 5) is 14.8. The number of hydrogen-bond donors (Lipinski definition) is 2. The molecule has 102 valence electrons. The van der Waals surface area contributed by atoms with Crippen molar-refractivity contribution in [2.45, 2.75) is 13.0 Å². The topological polar surface area (TPSA) is 70.4 Å².